The second-order valence-electron chi connectivity index (χ2n) is 7.38. The molecule has 0 fully saturated rings. The van der Waals surface area contributed by atoms with Crippen molar-refractivity contribution in [2.75, 3.05) is 6.54 Å². The minimum atomic E-state index is -0.758. The van der Waals surface area contributed by atoms with Crippen LogP contribution in [-0.2, 0) is 10.2 Å². The van der Waals surface area contributed by atoms with Crippen LogP contribution in [0.15, 0.2) is 73.1 Å². The molecule has 1 atom stereocenters. The Morgan fingerprint density at radius 1 is 1.10 bits per heavy atom. The van der Waals surface area contributed by atoms with Gasteiger partial charge in [0, 0.05) is 18.9 Å². The quantitative estimate of drug-likeness (QED) is 0.617. The number of aliphatic hydroxyl groups excluding tert-OH is 1. The van der Waals surface area contributed by atoms with Gasteiger partial charge in [-0.05, 0) is 42.2 Å². The number of aromatic nitrogens is 1. The summed E-state index contributed by atoms with van der Waals surface area (Å²) in [6, 6.07) is 18.7. The Hall–Kier alpha value is -3.49. The minimum Gasteiger partial charge on any atom is -0.387 e. The van der Waals surface area contributed by atoms with Crippen molar-refractivity contribution in [2.24, 2.45) is 0 Å². The predicted molar refractivity (Wildman–Crippen MR) is 113 cm³/mol. The van der Waals surface area contributed by atoms with Gasteiger partial charge < -0.3 is 10.4 Å². The molecule has 1 unspecified atom stereocenters. The SMILES string of the molecule is [C-]#[N+]c1cncc(-c2ccc(C(C)(C)C(=O)NCC(O)c3ccccc3)cc2)c1. The predicted octanol–water partition coefficient (Wildman–Crippen LogP) is 4.43. The van der Waals surface area contributed by atoms with Crippen molar-refractivity contribution in [1.29, 1.82) is 0 Å². The molecule has 1 amide bonds. The molecular formula is C24H23N3O2. The Balaban J connectivity index is 1.69. The summed E-state index contributed by atoms with van der Waals surface area (Å²) in [4.78, 5) is 20.3. The van der Waals surface area contributed by atoms with E-state index in [1.54, 1.807) is 12.3 Å². The Kier molecular flexibility index (Phi) is 6.06. The molecule has 5 heteroatoms. The van der Waals surface area contributed by atoms with Gasteiger partial charge >= 0.3 is 0 Å². The summed E-state index contributed by atoms with van der Waals surface area (Å²) in [5, 5.41) is 13.1. The van der Waals surface area contributed by atoms with E-state index in [2.05, 4.69) is 15.1 Å². The lowest BCUT2D eigenvalue weighted by Crippen LogP contribution is -2.41. The van der Waals surface area contributed by atoms with Crippen LogP contribution >= 0.6 is 0 Å². The number of pyridine rings is 1. The molecule has 0 aliphatic carbocycles. The summed E-state index contributed by atoms with van der Waals surface area (Å²) < 4.78 is 0. The highest BCUT2D eigenvalue weighted by atomic mass is 16.3. The molecule has 1 aromatic heterocycles. The maximum Gasteiger partial charge on any atom is 0.230 e. The maximum atomic E-state index is 12.8. The molecule has 0 aliphatic heterocycles. The molecule has 5 nitrogen and oxygen atoms in total. The summed E-state index contributed by atoms with van der Waals surface area (Å²) in [6.45, 7) is 11.0. The summed E-state index contributed by atoms with van der Waals surface area (Å²) in [5.74, 6) is -0.156. The van der Waals surface area contributed by atoms with Gasteiger partial charge in [0.2, 0.25) is 11.6 Å². The Morgan fingerprint density at radius 3 is 2.45 bits per heavy atom. The first-order valence-corrected chi connectivity index (χ1v) is 9.36. The van der Waals surface area contributed by atoms with E-state index in [9.17, 15) is 9.90 Å². The van der Waals surface area contributed by atoms with Crippen LogP contribution in [-0.4, -0.2) is 22.5 Å². The van der Waals surface area contributed by atoms with Crippen LogP contribution in [0.5, 0.6) is 0 Å². The summed E-state index contributed by atoms with van der Waals surface area (Å²) in [7, 11) is 0. The Morgan fingerprint density at radius 2 is 1.79 bits per heavy atom. The van der Waals surface area contributed by atoms with Gasteiger partial charge in [-0.25, -0.2) is 4.85 Å². The Bertz CT molecular complexity index is 1020. The van der Waals surface area contributed by atoms with Crippen molar-refractivity contribution in [1.82, 2.24) is 10.3 Å². The molecule has 3 rings (SSSR count). The highest BCUT2D eigenvalue weighted by Gasteiger charge is 2.30. The second kappa shape index (κ2) is 8.68. The fourth-order valence-corrected chi connectivity index (χ4v) is 3.06. The zero-order valence-electron chi connectivity index (χ0n) is 16.5. The Labute approximate surface area is 170 Å². The van der Waals surface area contributed by atoms with E-state index >= 15 is 0 Å². The lowest BCUT2D eigenvalue weighted by atomic mass is 9.83. The van der Waals surface area contributed by atoms with Crippen molar-refractivity contribution >= 4 is 11.6 Å². The van der Waals surface area contributed by atoms with Gasteiger partial charge in [-0.3, -0.25) is 9.78 Å². The smallest absolute Gasteiger partial charge is 0.230 e. The summed E-state index contributed by atoms with van der Waals surface area (Å²) in [6.07, 6.45) is 2.50. The highest BCUT2D eigenvalue weighted by molar-refractivity contribution is 5.87. The van der Waals surface area contributed by atoms with Crippen molar-refractivity contribution in [2.45, 2.75) is 25.4 Å². The van der Waals surface area contributed by atoms with Crippen LogP contribution in [0.3, 0.4) is 0 Å². The molecule has 0 radical (unpaired) electrons. The van der Waals surface area contributed by atoms with Crippen LogP contribution in [0.25, 0.3) is 16.0 Å². The second-order valence-corrected chi connectivity index (χ2v) is 7.38. The molecule has 3 aromatic rings. The van der Waals surface area contributed by atoms with Crippen molar-refractivity contribution in [3.63, 3.8) is 0 Å². The number of carbonyl (C=O) groups is 1. The van der Waals surface area contributed by atoms with Gasteiger partial charge in [-0.2, -0.15) is 0 Å². The maximum absolute atomic E-state index is 12.8. The third-order valence-electron chi connectivity index (χ3n) is 5.00. The number of nitrogens with one attached hydrogen (secondary N) is 1. The van der Waals surface area contributed by atoms with Crippen LogP contribution in [0.1, 0.15) is 31.1 Å². The third-order valence-corrected chi connectivity index (χ3v) is 5.00. The van der Waals surface area contributed by atoms with Gasteiger partial charge in [0.05, 0.1) is 18.1 Å². The number of rotatable bonds is 6. The zero-order chi connectivity index (χ0) is 20.9. The molecule has 0 saturated carbocycles. The molecule has 29 heavy (non-hydrogen) atoms. The summed E-state index contributed by atoms with van der Waals surface area (Å²) >= 11 is 0. The van der Waals surface area contributed by atoms with Crippen molar-refractivity contribution in [3.8, 4) is 11.1 Å². The standard InChI is InChI=1S/C24H23N3O2/c1-24(2,23(29)27-16-22(28)18-7-5-4-6-8-18)20-11-9-17(10-12-20)19-13-21(25-3)15-26-14-19/h4-15,22,28H,16H2,1-2H3,(H,27,29). The first kappa shape index (κ1) is 20.2. The number of hydrogen-bond acceptors (Lipinski definition) is 3. The fraction of sp³-hybridized carbons (Fsp3) is 0.208. The molecule has 0 spiro atoms. The lowest BCUT2D eigenvalue weighted by molar-refractivity contribution is -0.126. The van der Waals surface area contributed by atoms with Gasteiger partial charge in [-0.1, -0.05) is 54.6 Å². The van der Waals surface area contributed by atoms with E-state index in [-0.39, 0.29) is 12.5 Å². The molecule has 1 heterocycles. The van der Waals surface area contributed by atoms with Crippen LogP contribution in [0.2, 0.25) is 0 Å². The first-order chi connectivity index (χ1) is 13.9. The van der Waals surface area contributed by atoms with Gasteiger partial charge in [-0.15, -0.1) is 0 Å². The van der Waals surface area contributed by atoms with E-state index in [0.717, 1.165) is 22.3 Å². The van der Waals surface area contributed by atoms with E-state index in [1.165, 1.54) is 6.20 Å². The van der Waals surface area contributed by atoms with E-state index in [0.29, 0.717) is 5.69 Å². The van der Waals surface area contributed by atoms with Gasteiger partial charge in [0.25, 0.3) is 0 Å². The number of nitrogens with zero attached hydrogens (tertiary/aromatic N) is 2. The lowest BCUT2D eigenvalue weighted by Gasteiger charge is -2.25. The number of hydrogen-bond donors (Lipinski definition) is 2. The van der Waals surface area contributed by atoms with E-state index in [4.69, 9.17) is 6.57 Å². The largest absolute Gasteiger partial charge is 0.387 e. The molecule has 0 saturated heterocycles. The van der Waals surface area contributed by atoms with E-state index in [1.807, 2.05) is 68.4 Å². The molecule has 0 bridgehead atoms. The van der Waals surface area contributed by atoms with Gasteiger partial charge in [0.1, 0.15) is 0 Å². The normalized spacial score (nSPS) is 12.1. The minimum absolute atomic E-state index is 0.152. The van der Waals surface area contributed by atoms with Gasteiger partial charge in [0.15, 0.2) is 0 Å². The van der Waals surface area contributed by atoms with E-state index < -0.39 is 11.5 Å². The third kappa shape index (κ3) is 4.68. The van der Waals surface area contributed by atoms with Crippen LogP contribution in [0, 0.1) is 6.57 Å². The molecule has 2 N–H and O–H groups in total. The average molecular weight is 385 g/mol. The van der Waals surface area contributed by atoms with Crippen LogP contribution < -0.4 is 5.32 Å². The molecular weight excluding hydrogens is 362 g/mol. The fourth-order valence-electron chi connectivity index (χ4n) is 3.06. The number of aliphatic hydroxyl groups is 1. The topological polar surface area (TPSA) is 66.6 Å². The van der Waals surface area contributed by atoms with Crippen molar-refractivity contribution in [3.05, 3.63) is 95.6 Å². The van der Waals surface area contributed by atoms with Crippen molar-refractivity contribution < 1.29 is 9.90 Å². The number of benzene rings is 2. The number of carbonyl (C=O) groups excluding carboxylic acids is 1. The molecule has 146 valence electrons. The van der Waals surface area contributed by atoms with Crippen LogP contribution in [0.4, 0.5) is 5.69 Å². The average Bonchev–Trinajstić information content (AvgIpc) is 2.77. The first-order valence-electron chi connectivity index (χ1n) is 9.36. The highest BCUT2D eigenvalue weighted by Crippen LogP contribution is 2.28. The molecule has 2 aromatic carbocycles. The number of amides is 1. The monoisotopic (exact) mass is 385 g/mol. The zero-order valence-corrected chi connectivity index (χ0v) is 16.5. The molecule has 0 aliphatic rings. The summed E-state index contributed by atoms with van der Waals surface area (Å²) in [5.41, 5.74) is 3.16.